The number of amides is 1. The van der Waals surface area contributed by atoms with Crippen molar-refractivity contribution in [3.05, 3.63) is 47.6 Å². The van der Waals surface area contributed by atoms with Crippen molar-refractivity contribution < 1.29 is 76.1 Å². The van der Waals surface area contributed by atoms with Gasteiger partial charge in [0.1, 0.15) is 36.2 Å². The second-order valence-electron chi connectivity index (χ2n) is 22.8. The highest BCUT2D eigenvalue weighted by molar-refractivity contribution is 7.57. The predicted molar refractivity (Wildman–Crippen MR) is 288 cm³/mol. The highest BCUT2D eigenvalue weighted by atomic mass is 31.2. The van der Waals surface area contributed by atoms with E-state index in [9.17, 15) is 33.6 Å². The van der Waals surface area contributed by atoms with Crippen LogP contribution in [-0.2, 0) is 71.0 Å². The van der Waals surface area contributed by atoms with E-state index in [2.05, 4.69) is 0 Å². The number of Topliss-reactive ketones (excluding diaryl/α,β-unsaturated/α-hetero) is 3. The number of ether oxygens (including phenoxy) is 8. The minimum absolute atomic E-state index is 0.0529. The molecular formula is C58H92NO16P. The Hall–Kier alpha value is -3.22. The van der Waals surface area contributed by atoms with Crippen LogP contribution in [0.2, 0.25) is 0 Å². The van der Waals surface area contributed by atoms with Crippen LogP contribution < -0.4 is 0 Å². The van der Waals surface area contributed by atoms with Crippen LogP contribution in [0, 0.1) is 35.5 Å². The summed E-state index contributed by atoms with van der Waals surface area (Å²) in [5.74, 6) is -8.22. The summed E-state index contributed by atoms with van der Waals surface area (Å²) in [6.07, 6.45) is 12.0. The Kier molecular flexibility index (Phi) is 25.0. The molecule has 4 aliphatic heterocycles. The number of hydrogen-bond acceptors (Lipinski definition) is 16. The fourth-order valence-electron chi connectivity index (χ4n) is 11.6. The standard InChI is InChI=1S/C58H92NO16P/c1-36-18-14-13-15-19-37(2)28-40(5)52(61)54(69-10)53(68-9)41(6)29-38(3)47(60)33-49(39(4)30-43-22-24-48(51(31-43)67-8)75-76(11,12)66)73-57(64)46-20-16-17-25-59(46)56(63)55(62)58(65)42(7)50(32-44(74-58)23-21-36)72-35-45-34-70-26-27-71-45/h13-15,18-19,29,37-40,42-46,48-51,53-54,65H,16-17,20-28,30-35H2,1-12H3/b14-13+,19-15+,36-18+,41-29+/t37-,38-,39-,40-,42-,43+,44-,45?,46+,48-,49+,50-,51-,53-,54+,58-/m1/s1. The van der Waals surface area contributed by atoms with Crippen molar-refractivity contribution in [2.75, 3.05) is 67.6 Å². The summed E-state index contributed by atoms with van der Waals surface area (Å²) in [5.41, 5.74) is 1.65. The highest BCUT2D eigenvalue weighted by Crippen LogP contribution is 2.45. The molecule has 18 heteroatoms. The number of hydrogen-bond donors (Lipinski definition) is 1. The van der Waals surface area contributed by atoms with E-state index in [0.717, 1.165) is 12.0 Å². The molecule has 2 bridgehead atoms. The van der Waals surface area contributed by atoms with Crippen molar-refractivity contribution in [2.45, 2.75) is 186 Å². The summed E-state index contributed by atoms with van der Waals surface area (Å²) in [5, 5.41) is 12.5. The van der Waals surface area contributed by atoms with E-state index in [4.69, 9.17) is 42.4 Å². The van der Waals surface area contributed by atoms with Gasteiger partial charge in [0.2, 0.25) is 5.79 Å². The fraction of sp³-hybridized carbons (Fsp3) is 0.776. The number of rotatable bonds is 11. The van der Waals surface area contributed by atoms with Gasteiger partial charge in [-0.15, -0.1) is 0 Å². The molecule has 4 heterocycles. The van der Waals surface area contributed by atoms with Crippen LogP contribution in [0.3, 0.4) is 0 Å². The van der Waals surface area contributed by atoms with E-state index in [1.807, 2.05) is 58.1 Å². The molecule has 430 valence electrons. The Bertz CT molecular complexity index is 2110. The molecule has 1 aliphatic carbocycles. The van der Waals surface area contributed by atoms with Gasteiger partial charge in [-0.1, -0.05) is 76.6 Å². The van der Waals surface area contributed by atoms with Crippen LogP contribution in [0.1, 0.15) is 126 Å². The topological polar surface area (TPSA) is 209 Å². The van der Waals surface area contributed by atoms with Gasteiger partial charge in [0.15, 0.2) is 13.2 Å². The first-order valence-corrected chi connectivity index (χ1v) is 30.4. The fourth-order valence-corrected chi connectivity index (χ4v) is 12.5. The number of nitrogens with zero attached hydrogens (tertiary/aromatic N) is 1. The van der Waals surface area contributed by atoms with Crippen LogP contribution in [0.25, 0.3) is 0 Å². The average Bonchev–Trinajstić information content (AvgIpc) is 3.39. The van der Waals surface area contributed by atoms with Crippen molar-refractivity contribution in [3.63, 3.8) is 0 Å². The van der Waals surface area contributed by atoms with Crippen LogP contribution in [0.4, 0.5) is 0 Å². The molecule has 16 atom stereocenters. The van der Waals surface area contributed by atoms with Gasteiger partial charge in [-0.25, -0.2) is 4.79 Å². The first kappa shape index (κ1) is 63.6. The Morgan fingerprint density at radius 2 is 1.59 bits per heavy atom. The lowest BCUT2D eigenvalue weighted by molar-refractivity contribution is -0.290. The zero-order valence-corrected chi connectivity index (χ0v) is 48.5. The van der Waals surface area contributed by atoms with Gasteiger partial charge < -0.3 is 52.4 Å². The number of cyclic esters (lactones) is 1. The zero-order chi connectivity index (χ0) is 55.9. The number of piperidine rings is 1. The maximum absolute atomic E-state index is 14.7. The lowest BCUT2D eigenvalue weighted by Crippen LogP contribution is -2.63. The number of allylic oxidation sites excluding steroid dienone is 7. The molecule has 0 spiro atoms. The molecule has 1 N–H and O–H groups in total. The molecule has 0 aromatic rings. The summed E-state index contributed by atoms with van der Waals surface area (Å²) >= 11 is 0. The number of carbonyl (C=O) groups is 5. The molecule has 5 aliphatic rings. The first-order valence-electron chi connectivity index (χ1n) is 27.8. The van der Waals surface area contributed by atoms with Crippen LogP contribution in [0.15, 0.2) is 47.6 Å². The van der Waals surface area contributed by atoms with E-state index >= 15 is 0 Å². The second kappa shape index (κ2) is 29.8. The minimum atomic E-state index is -2.80. The monoisotopic (exact) mass is 1090 g/mol. The second-order valence-corrected chi connectivity index (χ2v) is 25.5. The third-order valence-corrected chi connectivity index (χ3v) is 16.9. The first-order chi connectivity index (χ1) is 36.0. The van der Waals surface area contributed by atoms with Crippen molar-refractivity contribution in [2.24, 2.45) is 35.5 Å². The van der Waals surface area contributed by atoms with Crippen molar-refractivity contribution in [1.29, 1.82) is 0 Å². The van der Waals surface area contributed by atoms with Gasteiger partial charge in [-0.05, 0) is 101 Å². The Morgan fingerprint density at radius 3 is 2.26 bits per heavy atom. The lowest BCUT2D eigenvalue weighted by atomic mass is 9.78. The van der Waals surface area contributed by atoms with Gasteiger partial charge in [0, 0.05) is 71.8 Å². The van der Waals surface area contributed by atoms with Gasteiger partial charge >= 0.3 is 5.97 Å². The van der Waals surface area contributed by atoms with Crippen LogP contribution in [-0.4, -0.2) is 168 Å². The molecule has 0 aromatic heterocycles. The summed E-state index contributed by atoms with van der Waals surface area (Å²) in [6, 6.07) is -1.18. The van der Waals surface area contributed by atoms with Gasteiger partial charge in [-0.3, -0.25) is 23.7 Å². The summed E-state index contributed by atoms with van der Waals surface area (Å²) in [6.45, 7) is 17.6. The van der Waals surface area contributed by atoms with Gasteiger partial charge in [0.25, 0.3) is 11.7 Å². The molecule has 3 saturated heterocycles. The normalized spacial score (nSPS) is 38.7. The Labute approximate surface area is 453 Å². The summed E-state index contributed by atoms with van der Waals surface area (Å²) < 4.78 is 66.7. The smallest absolute Gasteiger partial charge is 0.329 e. The molecule has 5 rings (SSSR count). The lowest BCUT2D eigenvalue weighted by Gasteiger charge is -2.46. The third-order valence-electron chi connectivity index (χ3n) is 16.1. The van der Waals surface area contributed by atoms with E-state index in [-0.39, 0.29) is 79.5 Å². The maximum atomic E-state index is 14.7. The molecule has 4 fully saturated rings. The highest BCUT2D eigenvalue weighted by Gasteiger charge is 2.56. The molecule has 1 unspecified atom stereocenters. The largest absolute Gasteiger partial charge is 0.460 e. The summed E-state index contributed by atoms with van der Waals surface area (Å²) in [7, 11) is 1.79. The number of esters is 1. The molecule has 17 nitrogen and oxygen atoms in total. The maximum Gasteiger partial charge on any atom is 0.329 e. The molecule has 1 amide bonds. The van der Waals surface area contributed by atoms with E-state index in [1.54, 1.807) is 47.3 Å². The van der Waals surface area contributed by atoms with Crippen molar-refractivity contribution >= 4 is 36.6 Å². The number of carbonyl (C=O) groups excluding carboxylic acids is 5. The number of methoxy groups -OCH3 is 3. The van der Waals surface area contributed by atoms with E-state index in [0.29, 0.717) is 83.2 Å². The van der Waals surface area contributed by atoms with Crippen molar-refractivity contribution in [1.82, 2.24) is 4.90 Å². The van der Waals surface area contributed by atoms with Crippen molar-refractivity contribution in [3.8, 4) is 0 Å². The molecular weight excluding hydrogens is 998 g/mol. The van der Waals surface area contributed by atoms with Gasteiger partial charge in [0.05, 0.1) is 50.8 Å². The van der Waals surface area contributed by atoms with E-state index < -0.39 is 79.2 Å². The zero-order valence-electron chi connectivity index (χ0n) is 47.6. The SMILES string of the molecule is CO[C@@H]1/C(C)=C/[C@@H](C)C(=O)C[C@@H]([C@H](C)C[C@@H]2CC[C@@H](OP(C)(C)=O)[C@H](OC)C2)OC(=O)[C@@H]2CCCCN2C(=O)C(=O)[C@]2(O)O[C@H](CC/C(C)=C/C=C/C=C/[C@@H](C)C[C@@H](C)C(=O)[C@@H]1OC)C[C@@H](OCC1COCCO1)[C@H]2C. The molecule has 76 heavy (non-hydrogen) atoms. The minimum Gasteiger partial charge on any atom is -0.460 e. The number of ketones is 3. The van der Waals surface area contributed by atoms with E-state index in [1.165, 1.54) is 19.1 Å². The molecule has 0 radical (unpaired) electrons. The Balaban J connectivity index is 1.49. The van der Waals surface area contributed by atoms with Crippen LogP contribution in [0.5, 0.6) is 0 Å². The summed E-state index contributed by atoms with van der Waals surface area (Å²) in [4.78, 5) is 73.8. The van der Waals surface area contributed by atoms with Gasteiger partial charge in [-0.2, -0.15) is 0 Å². The number of fused-ring (bicyclic) bond motifs is 3. The molecule has 0 aromatic carbocycles. The Morgan fingerprint density at radius 1 is 0.855 bits per heavy atom. The predicted octanol–water partition coefficient (Wildman–Crippen LogP) is 8.18. The quantitative estimate of drug-likeness (QED) is 0.0895. The molecule has 1 saturated carbocycles. The third kappa shape index (κ3) is 17.9. The van der Waals surface area contributed by atoms with Crippen LogP contribution >= 0.6 is 7.37 Å². The average molecular weight is 1090 g/mol. The number of aliphatic hydroxyl groups is 1.